The second kappa shape index (κ2) is 10.1. The molecule has 3 rings (SSSR count). The summed E-state index contributed by atoms with van der Waals surface area (Å²) < 4.78 is 5.44. The Morgan fingerprint density at radius 2 is 1.60 bits per heavy atom. The molecule has 0 atom stereocenters. The van der Waals surface area contributed by atoms with Crippen molar-refractivity contribution in [2.75, 3.05) is 56.6 Å². The molecule has 7 heteroatoms. The highest BCUT2D eigenvalue weighted by Crippen LogP contribution is 2.28. The fraction of sp³-hybridized carbons (Fsp3) is 0.391. The number of anilines is 2. The van der Waals surface area contributed by atoms with Crippen LogP contribution in [0.15, 0.2) is 42.5 Å². The van der Waals surface area contributed by atoms with Crippen LogP contribution in [0.4, 0.5) is 11.4 Å². The molecule has 7 nitrogen and oxygen atoms in total. The van der Waals surface area contributed by atoms with Crippen molar-refractivity contribution < 1.29 is 14.3 Å². The Hall–Kier alpha value is -3.06. The Bertz CT molecular complexity index is 872. The largest absolute Gasteiger partial charge is 0.495 e. The fourth-order valence-corrected chi connectivity index (χ4v) is 3.67. The summed E-state index contributed by atoms with van der Waals surface area (Å²) >= 11 is 0. The lowest BCUT2D eigenvalue weighted by Crippen LogP contribution is -2.50. The van der Waals surface area contributed by atoms with E-state index in [9.17, 15) is 9.59 Å². The number of carbonyl (C=O) groups excluding carboxylic acids is 2. The highest BCUT2D eigenvalue weighted by Gasteiger charge is 2.21. The lowest BCUT2D eigenvalue weighted by Gasteiger charge is -2.36. The van der Waals surface area contributed by atoms with Gasteiger partial charge in [-0.15, -0.1) is 0 Å². The van der Waals surface area contributed by atoms with Gasteiger partial charge in [0.05, 0.1) is 25.9 Å². The van der Waals surface area contributed by atoms with Crippen molar-refractivity contribution in [3.63, 3.8) is 0 Å². The Morgan fingerprint density at radius 1 is 0.933 bits per heavy atom. The van der Waals surface area contributed by atoms with Crippen molar-refractivity contribution in [3.8, 4) is 5.75 Å². The molecular weight excluding hydrogens is 380 g/mol. The molecule has 2 N–H and O–H groups in total. The van der Waals surface area contributed by atoms with E-state index in [0.29, 0.717) is 0 Å². The number of piperazine rings is 1. The smallest absolute Gasteiger partial charge is 0.243 e. The molecule has 160 valence electrons. The van der Waals surface area contributed by atoms with Gasteiger partial charge in [0, 0.05) is 31.9 Å². The number of nitrogens with one attached hydrogen (secondary N) is 2. The molecule has 1 heterocycles. The van der Waals surface area contributed by atoms with Crippen molar-refractivity contribution in [2.45, 2.75) is 13.8 Å². The molecule has 0 spiro atoms. The molecule has 2 aromatic rings. The normalized spacial score (nSPS) is 14.3. The Balaban J connectivity index is 1.42. The summed E-state index contributed by atoms with van der Waals surface area (Å²) in [5, 5.41) is 5.61. The van der Waals surface area contributed by atoms with Crippen LogP contribution in [0.25, 0.3) is 0 Å². The van der Waals surface area contributed by atoms with Crippen molar-refractivity contribution in [1.29, 1.82) is 0 Å². The van der Waals surface area contributed by atoms with Gasteiger partial charge in [-0.2, -0.15) is 0 Å². The molecule has 2 amide bonds. The van der Waals surface area contributed by atoms with Gasteiger partial charge in [0.15, 0.2) is 0 Å². The van der Waals surface area contributed by atoms with E-state index in [1.807, 2.05) is 50.2 Å². The van der Waals surface area contributed by atoms with Gasteiger partial charge in [0.25, 0.3) is 0 Å². The number of aryl methyl sites for hydroxylation is 2. The highest BCUT2D eigenvalue weighted by molar-refractivity contribution is 5.95. The molecule has 1 saturated heterocycles. The van der Waals surface area contributed by atoms with Crippen molar-refractivity contribution in [2.24, 2.45) is 0 Å². The predicted octanol–water partition coefficient (Wildman–Crippen LogP) is 2.19. The number of hydrogen-bond acceptors (Lipinski definition) is 5. The van der Waals surface area contributed by atoms with Gasteiger partial charge in [-0.3, -0.25) is 14.5 Å². The van der Waals surface area contributed by atoms with E-state index in [4.69, 9.17) is 4.74 Å². The molecule has 0 aliphatic carbocycles. The van der Waals surface area contributed by atoms with Crippen LogP contribution in [0.5, 0.6) is 5.75 Å². The van der Waals surface area contributed by atoms with Crippen LogP contribution in [-0.2, 0) is 9.59 Å². The van der Waals surface area contributed by atoms with E-state index >= 15 is 0 Å². The lowest BCUT2D eigenvalue weighted by molar-refractivity contribution is -0.125. The van der Waals surface area contributed by atoms with Gasteiger partial charge in [-0.05, 0) is 37.1 Å². The van der Waals surface area contributed by atoms with E-state index in [0.717, 1.165) is 54.4 Å². The summed E-state index contributed by atoms with van der Waals surface area (Å²) in [5.41, 5.74) is 3.89. The minimum Gasteiger partial charge on any atom is -0.495 e. The SMILES string of the molecule is COc1ccccc1N1CCN(CC(=O)NCC(=O)Nc2c(C)cccc2C)CC1. The zero-order valence-corrected chi connectivity index (χ0v) is 17.9. The fourth-order valence-electron chi connectivity index (χ4n) is 3.67. The highest BCUT2D eigenvalue weighted by atomic mass is 16.5. The van der Waals surface area contributed by atoms with Gasteiger partial charge in [-0.25, -0.2) is 0 Å². The first-order chi connectivity index (χ1) is 14.5. The zero-order valence-electron chi connectivity index (χ0n) is 17.9. The lowest BCUT2D eigenvalue weighted by atomic mass is 10.1. The van der Waals surface area contributed by atoms with Crippen molar-refractivity contribution in [3.05, 3.63) is 53.6 Å². The maximum Gasteiger partial charge on any atom is 0.243 e. The van der Waals surface area contributed by atoms with E-state index < -0.39 is 0 Å². The van der Waals surface area contributed by atoms with Crippen LogP contribution < -0.4 is 20.3 Å². The Labute approximate surface area is 178 Å². The third-order valence-electron chi connectivity index (χ3n) is 5.36. The predicted molar refractivity (Wildman–Crippen MR) is 119 cm³/mol. The third kappa shape index (κ3) is 5.51. The number of hydrogen-bond donors (Lipinski definition) is 2. The number of carbonyl (C=O) groups is 2. The zero-order chi connectivity index (χ0) is 21.5. The Kier molecular flexibility index (Phi) is 7.30. The van der Waals surface area contributed by atoms with Crippen molar-refractivity contribution >= 4 is 23.2 Å². The van der Waals surface area contributed by atoms with Gasteiger partial charge in [0.2, 0.25) is 11.8 Å². The number of para-hydroxylation sites is 3. The van der Waals surface area contributed by atoms with Crippen LogP contribution in [0.3, 0.4) is 0 Å². The van der Waals surface area contributed by atoms with E-state index in [2.05, 4.69) is 26.5 Å². The summed E-state index contributed by atoms with van der Waals surface area (Å²) in [7, 11) is 1.68. The minimum absolute atomic E-state index is 0.0339. The molecule has 0 aromatic heterocycles. The second-order valence-corrected chi connectivity index (χ2v) is 7.53. The average molecular weight is 411 g/mol. The summed E-state index contributed by atoms with van der Waals surface area (Å²) in [6.07, 6.45) is 0. The first kappa shape index (κ1) is 21.6. The van der Waals surface area contributed by atoms with Crippen LogP contribution in [0, 0.1) is 13.8 Å². The molecule has 30 heavy (non-hydrogen) atoms. The minimum atomic E-state index is -0.221. The maximum absolute atomic E-state index is 12.3. The van der Waals surface area contributed by atoms with Crippen molar-refractivity contribution in [1.82, 2.24) is 10.2 Å². The first-order valence-electron chi connectivity index (χ1n) is 10.2. The van der Waals surface area contributed by atoms with Gasteiger partial charge >= 0.3 is 0 Å². The first-order valence-corrected chi connectivity index (χ1v) is 10.2. The number of rotatable bonds is 7. The summed E-state index contributed by atoms with van der Waals surface area (Å²) in [5.74, 6) is 0.498. The van der Waals surface area contributed by atoms with Crippen LogP contribution >= 0.6 is 0 Å². The number of benzene rings is 2. The standard InChI is InChI=1S/C23H30N4O3/c1-17-7-6-8-18(2)23(17)25-21(28)15-24-22(29)16-26-11-13-27(14-12-26)19-9-4-5-10-20(19)30-3/h4-10H,11-16H2,1-3H3,(H,24,29)(H,25,28). The third-order valence-corrected chi connectivity index (χ3v) is 5.36. The molecule has 1 aliphatic rings. The van der Waals surface area contributed by atoms with E-state index in [1.165, 1.54) is 0 Å². The Morgan fingerprint density at radius 3 is 2.27 bits per heavy atom. The second-order valence-electron chi connectivity index (χ2n) is 7.53. The van der Waals surface area contributed by atoms with Gasteiger partial charge < -0.3 is 20.3 Å². The number of ether oxygens (including phenoxy) is 1. The van der Waals surface area contributed by atoms with E-state index in [1.54, 1.807) is 7.11 Å². The molecular formula is C23H30N4O3. The molecule has 0 unspecified atom stereocenters. The van der Waals surface area contributed by atoms with Crippen LogP contribution in [-0.4, -0.2) is 63.1 Å². The number of amides is 2. The summed E-state index contributed by atoms with van der Waals surface area (Å²) in [4.78, 5) is 28.9. The molecule has 0 radical (unpaired) electrons. The average Bonchev–Trinajstić information content (AvgIpc) is 2.75. The monoisotopic (exact) mass is 410 g/mol. The van der Waals surface area contributed by atoms with Gasteiger partial charge in [-0.1, -0.05) is 30.3 Å². The van der Waals surface area contributed by atoms with Crippen LogP contribution in [0.1, 0.15) is 11.1 Å². The van der Waals surface area contributed by atoms with E-state index in [-0.39, 0.29) is 24.9 Å². The summed E-state index contributed by atoms with van der Waals surface area (Å²) in [6, 6.07) is 13.8. The quantitative estimate of drug-likeness (QED) is 0.732. The summed E-state index contributed by atoms with van der Waals surface area (Å²) in [6.45, 7) is 7.35. The van der Waals surface area contributed by atoms with Crippen LogP contribution in [0.2, 0.25) is 0 Å². The topological polar surface area (TPSA) is 73.9 Å². The number of nitrogens with zero attached hydrogens (tertiary/aromatic N) is 2. The molecule has 2 aromatic carbocycles. The molecule has 0 bridgehead atoms. The maximum atomic E-state index is 12.3. The molecule has 0 saturated carbocycles. The van der Waals surface area contributed by atoms with Gasteiger partial charge in [0.1, 0.15) is 5.75 Å². The molecule has 1 fully saturated rings. The number of methoxy groups -OCH3 is 1. The molecule has 1 aliphatic heterocycles.